The van der Waals surface area contributed by atoms with Gasteiger partial charge in [-0.2, -0.15) is 0 Å². The molecule has 2 fully saturated rings. The molecule has 2 aliphatic heterocycles. The van der Waals surface area contributed by atoms with Crippen molar-refractivity contribution >= 4 is 15.7 Å². The smallest absolute Gasteiger partial charge is 0.240 e. The fourth-order valence-corrected chi connectivity index (χ4v) is 4.02. The van der Waals surface area contributed by atoms with Crippen molar-refractivity contribution in [1.82, 2.24) is 10.6 Å². The Bertz CT molecular complexity index is 385. The minimum atomic E-state index is -2.92. The highest BCUT2D eigenvalue weighted by atomic mass is 32.2. The molecule has 16 heavy (non-hydrogen) atoms. The summed E-state index contributed by atoms with van der Waals surface area (Å²) in [5, 5.41) is 6.00. The van der Waals surface area contributed by atoms with E-state index in [9.17, 15) is 13.2 Å². The van der Waals surface area contributed by atoms with Gasteiger partial charge in [-0.3, -0.25) is 4.79 Å². The quantitative estimate of drug-likeness (QED) is 0.684. The Morgan fingerprint density at radius 3 is 2.75 bits per heavy atom. The number of hydrogen-bond acceptors (Lipinski definition) is 4. The first kappa shape index (κ1) is 11.9. The van der Waals surface area contributed by atoms with Gasteiger partial charge >= 0.3 is 0 Å². The van der Waals surface area contributed by atoms with Gasteiger partial charge in [0.2, 0.25) is 5.91 Å². The van der Waals surface area contributed by atoms with Crippen molar-refractivity contribution in [2.24, 2.45) is 0 Å². The minimum absolute atomic E-state index is 0.0629. The van der Waals surface area contributed by atoms with Crippen LogP contribution in [0.1, 0.15) is 26.2 Å². The van der Waals surface area contributed by atoms with Crippen LogP contribution < -0.4 is 10.6 Å². The van der Waals surface area contributed by atoms with E-state index in [4.69, 9.17) is 0 Å². The lowest BCUT2D eigenvalue weighted by atomic mass is 9.99. The second-order valence-corrected chi connectivity index (χ2v) is 7.16. The molecule has 0 saturated carbocycles. The van der Waals surface area contributed by atoms with E-state index in [1.165, 1.54) is 0 Å². The lowest BCUT2D eigenvalue weighted by molar-refractivity contribution is -0.127. The standard InChI is InChI=1S/C10H18N2O3S/c1-10(4-2-5-11-10)9(13)12-8-3-6-16(14,15)7-8/h8,11H,2-7H2,1H3,(H,12,13). The highest BCUT2D eigenvalue weighted by molar-refractivity contribution is 7.91. The van der Waals surface area contributed by atoms with Gasteiger partial charge in [0, 0.05) is 6.04 Å². The molecule has 0 radical (unpaired) electrons. The molecule has 0 aromatic rings. The van der Waals surface area contributed by atoms with Crippen LogP contribution in [0.2, 0.25) is 0 Å². The summed E-state index contributed by atoms with van der Waals surface area (Å²) >= 11 is 0. The van der Waals surface area contributed by atoms with Gasteiger partial charge < -0.3 is 10.6 Å². The third kappa shape index (κ3) is 2.38. The molecule has 2 aliphatic rings. The Labute approximate surface area is 95.9 Å². The Morgan fingerprint density at radius 2 is 2.25 bits per heavy atom. The van der Waals surface area contributed by atoms with E-state index in [-0.39, 0.29) is 23.5 Å². The van der Waals surface area contributed by atoms with Gasteiger partial charge in [-0.05, 0) is 32.7 Å². The molecule has 2 heterocycles. The molecule has 0 aromatic carbocycles. The second kappa shape index (κ2) is 4.00. The van der Waals surface area contributed by atoms with Crippen LogP contribution in [0.15, 0.2) is 0 Å². The first-order valence-corrected chi connectivity index (χ1v) is 7.50. The van der Waals surface area contributed by atoms with Crippen molar-refractivity contribution in [2.75, 3.05) is 18.1 Å². The summed E-state index contributed by atoms with van der Waals surface area (Å²) < 4.78 is 22.5. The van der Waals surface area contributed by atoms with Gasteiger partial charge in [0.05, 0.1) is 17.0 Å². The van der Waals surface area contributed by atoms with Crippen LogP contribution in [0, 0.1) is 0 Å². The number of carbonyl (C=O) groups excluding carboxylic acids is 1. The highest BCUT2D eigenvalue weighted by Gasteiger charge is 2.38. The van der Waals surface area contributed by atoms with Crippen LogP contribution in [0.5, 0.6) is 0 Å². The molecule has 6 heteroatoms. The topological polar surface area (TPSA) is 75.3 Å². The molecule has 5 nitrogen and oxygen atoms in total. The summed E-state index contributed by atoms with van der Waals surface area (Å²) in [5.41, 5.74) is -0.508. The van der Waals surface area contributed by atoms with Crippen molar-refractivity contribution in [2.45, 2.75) is 37.8 Å². The van der Waals surface area contributed by atoms with Crippen molar-refractivity contribution < 1.29 is 13.2 Å². The summed E-state index contributed by atoms with van der Waals surface area (Å²) in [7, 11) is -2.92. The fourth-order valence-electron chi connectivity index (χ4n) is 2.34. The molecular formula is C10H18N2O3S. The average molecular weight is 246 g/mol. The van der Waals surface area contributed by atoms with Crippen LogP contribution in [0.3, 0.4) is 0 Å². The summed E-state index contributed by atoms with van der Waals surface area (Å²) in [6.45, 7) is 2.73. The number of carbonyl (C=O) groups is 1. The predicted molar refractivity (Wildman–Crippen MR) is 60.8 cm³/mol. The van der Waals surface area contributed by atoms with E-state index in [0.29, 0.717) is 6.42 Å². The summed E-state index contributed by atoms with van der Waals surface area (Å²) in [6.07, 6.45) is 2.36. The maximum atomic E-state index is 12.0. The monoisotopic (exact) mass is 246 g/mol. The summed E-state index contributed by atoms with van der Waals surface area (Å²) in [4.78, 5) is 12.0. The first-order valence-electron chi connectivity index (χ1n) is 5.68. The molecule has 2 rings (SSSR count). The van der Waals surface area contributed by atoms with Crippen LogP contribution in [0.25, 0.3) is 0 Å². The number of nitrogens with one attached hydrogen (secondary N) is 2. The maximum Gasteiger partial charge on any atom is 0.240 e. The van der Waals surface area contributed by atoms with Gasteiger partial charge in [0.1, 0.15) is 0 Å². The zero-order valence-electron chi connectivity index (χ0n) is 9.45. The summed E-state index contributed by atoms with van der Waals surface area (Å²) in [5.74, 6) is 0.226. The molecule has 92 valence electrons. The number of amides is 1. The average Bonchev–Trinajstić information content (AvgIpc) is 2.74. The maximum absolute atomic E-state index is 12.0. The Kier molecular flexibility index (Phi) is 2.96. The largest absolute Gasteiger partial charge is 0.351 e. The van der Waals surface area contributed by atoms with Crippen LogP contribution >= 0.6 is 0 Å². The first-order chi connectivity index (χ1) is 7.41. The van der Waals surface area contributed by atoms with Crippen molar-refractivity contribution in [3.63, 3.8) is 0 Å². The van der Waals surface area contributed by atoms with Crippen LogP contribution in [0.4, 0.5) is 0 Å². The van der Waals surface area contributed by atoms with Gasteiger partial charge in [0.25, 0.3) is 0 Å². The minimum Gasteiger partial charge on any atom is -0.351 e. The number of sulfone groups is 1. The zero-order valence-corrected chi connectivity index (χ0v) is 10.3. The number of rotatable bonds is 2. The van der Waals surface area contributed by atoms with Crippen molar-refractivity contribution in [3.8, 4) is 0 Å². The van der Waals surface area contributed by atoms with Crippen molar-refractivity contribution in [3.05, 3.63) is 0 Å². The van der Waals surface area contributed by atoms with E-state index < -0.39 is 15.4 Å². The van der Waals surface area contributed by atoms with Gasteiger partial charge in [-0.1, -0.05) is 0 Å². The molecule has 2 saturated heterocycles. The third-order valence-electron chi connectivity index (χ3n) is 3.44. The molecule has 2 unspecified atom stereocenters. The Morgan fingerprint density at radius 1 is 1.50 bits per heavy atom. The summed E-state index contributed by atoms with van der Waals surface area (Å²) in [6, 6.07) is -0.197. The molecule has 2 N–H and O–H groups in total. The van der Waals surface area contributed by atoms with E-state index in [2.05, 4.69) is 10.6 Å². The Balaban J connectivity index is 1.93. The van der Waals surface area contributed by atoms with E-state index in [1.807, 2.05) is 6.92 Å². The van der Waals surface area contributed by atoms with Crippen LogP contribution in [-0.4, -0.2) is 44.0 Å². The Hall–Kier alpha value is -0.620. The highest BCUT2D eigenvalue weighted by Crippen LogP contribution is 2.20. The van der Waals surface area contributed by atoms with Crippen LogP contribution in [-0.2, 0) is 14.6 Å². The van der Waals surface area contributed by atoms with Gasteiger partial charge in [0.15, 0.2) is 9.84 Å². The second-order valence-electron chi connectivity index (χ2n) is 4.94. The normalized spacial score (nSPS) is 37.4. The van der Waals surface area contributed by atoms with Gasteiger partial charge in [-0.15, -0.1) is 0 Å². The SMILES string of the molecule is CC1(C(=O)NC2CCS(=O)(=O)C2)CCCN1. The molecule has 0 aliphatic carbocycles. The van der Waals surface area contributed by atoms with E-state index in [0.717, 1.165) is 19.4 Å². The fraction of sp³-hybridized carbons (Fsp3) is 0.900. The molecular weight excluding hydrogens is 228 g/mol. The predicted octanol–water partition coefficient (Wildman–Crippen LogP) is -0.568. The molecule has 2 atom stereocenters. The molecule has 0 spiro atoms. The van der Waals surface area contributed by atoms with E-state index >= 15 is 0 Å². The molecule has 0 aromatic heterocycles. The number of hydrogen-bond donors (Lipinski definition) is 2. The van der Waals surface area contributed by atoms with Crippen molar-refractivity contribution in [1.29, 1.82) is 0 Å². The lowest BCUT2D eigenvalue weighted by Crippen LogP contribution is -2.54. The van der Waals surface area contributed by atoms with Gasteiger partial charge in [-0.25, -0.2) is 8.42 Å². The lowest BCUT2D eigenvalue weighted by Gasteiger charge is -2.25. The third-order valence-corrected chi connectivity index (χ3v) is 5.21. The zero-order chi connectivity index (χ0) is 11.8. The molecule has 1 amide bonds. The molecule has 0 bridgehead atoms. The van der Waals surface area contributed by atoms with E-state index in [1.54, 1.807) is 0 Å².